The molecule has 0 radical (unpaired) electrons. The Morgan fingerprint density at radius 3 is 2.72 bits per heavy atom. The maximum atomic E-state index is 12.1. The summed E-state index contributed by atoms with van der Waals surface area (Å²) >= 11 is 0. The van der Waals surface area contributed by atoms with E-state index < -0.39 is 16.0 Å². The van der Waals surface area contributed by atoms with Crippen LogP contribution in [0.25, 0.3) is 0 Å². The van der Waals surface area contributed by atoms with E-state index in [9.17, 15) is 13.2 Å². The van der Waals surface area contributed by atoms with Gasteiger partial charge in [0.15, 0.2) is 0 Å². The summed E-state index contributed by atoms with van der Waals surface area (Å²) in [5.74, 6) is -0.582. The van der Waals surface area contributed by atoms with E-state index in [-0.39, 0.29) is 24.6 Å². The van der Waals surface area contributed by atoms with Gasteiger partial charge in [0.2, 0.25) is 10.0 Å². The Bertz CT molecular complexity index is 383. The Labute approximate surface area is 108 Å². The van der Waals surface area contributed by atoms with Gasteiger partial charge >= 0.3 is 5.97 Å². The number of carboxylic acids is 1. The van der Waals surface area contributed by atoms with Crippen LogP contribution >= 0.6 is 0 Å². The van der Waals surface area contributed by atoms with Gasteiger partial charge in [-0.25, -0.2) is 8.42 Å². The van der Waals surface area contributed by atoms with Gasteiger partial charge in [-0.1, -0.05) is 6.92 Å². The molecule has 106 valence electrons. The second-order valence-electron chi connectivity index (χ2n) is 4.94. The second-order valence-corrected chi connectivity index (χ2v) is 6.98. The molecule has 6 nitrogen and oxygen atoms in total. The molecule has 1 aliphatic rings. The topological polar surface area (TPSA) is 101 Å². The molecule has 18 heavy (non-hydrogen) atoms. The molecule has 2 unspecified atom stereocenters. The van der Waals surface area contributed by atoms with Crippen molar-refractivity contribution in [2.45, 2.75) is 38.6 Å². The molecule has 2 atom stereocenters. The van der Waals surface area contributed by atoms with Crippen LogP contribution in [0, 0.1) is 5.92 Å². The van der Waals surface area contributed by atoms with Gasteiger partial charge in [0.1, 0.15) is 0 Å². The van der Waals surface area contributed by atoms with E-state index in [0.29, 0.717) is 19.0 Å². The first-order chi connectivity index (χ1) is 8.36. The molecule has 0 aromatic rings. The minimum absolute atomic E-state index is 0.107. The lowest BCUT2D eigenvalue weighted by molar-refractivity contribution is -0.137. The molecule has 0 spiro atoms. The van der Waals surface area contributed by atoms with Crippen LogP contribution in [0.3, 0.4) is 0 Å². The van der Waals surface area contributed by atoms with Crippen LogP contribution in [0.1, 0.15) is 32.6 Å². The third kappa shape index (κ3) is 4.22. The van der Waals surface area contributed by atoms with Crippen molar-refractivity contribution in [3.63, 3.8) is 0 Å². The van der Waals surface area contributed by atoms with Gasteiger partial charge in [0, 0.05) is 25.6 Å². The normalized spacial score (nSPS) is 26.1. The fraction of sp³-hybridized carbons (Fsp3) is 0.909. The van der Waals surface area contributed by atoms with Crippen LogP contribution in [0.5, 0.6) is 0 Å². The molecule has 1 fully saturated rings. The predicted molar refractivity (Wildman–Crippen MR) is 68.6 cm³/mol. The van der Waals surface area contributed by atoms with Crippen LogP contribution in [0.4, 0.5) is 0 Å². The molecular weight excluding hydrogens is 256 g/mol. The van der Waals surface area contributed by atoms with Crippen molar-refractivity contribution in [3.8, 4) is 0 Å². The first-order valence-corrected chi connectivity index (χ1v) is 7.89. The number of hydrogen-bond acceptors (Lipinski definition) is 4. The average molecular weight is 278 g/mol. The lowest BCUT2D eigenvalue weighted by atomic mass is 9.94. The second kappa shape index (κ2) is 6.49. The number of rotatable bonds is 6. The van der Waals surface area contributed by atoms with Crippen molar-refractivity contribution in [2.24, 2.45) is 11.7 Å². The summed E-state index contributed by atoms with van der Waals surface area (Å²) in [5, 5.41) is 8.53. The largest absolute Gasteiger partial charge is 0.481 e. The summed E-state index contributed by atoms with van der Waals surface area (Å²) < 4.78 is 25.7. The summed E-state index contributed by atoms with van der Waals surface area (Å²) in [5.41, 5.74) is 5.63. The molecule has 0 saturated carbocycles. The number of carbonyl (C=O) groups is 1. The zero-order chi connectivity index (χ0) is 13.8. The minimum atomic E-state index is -3.37. The van der Waals surface area contributed by atoms with Crippen molar-refractivity contribution in [1.29, 1.82) is 0 Å². The van der Waals surface area contributed by atoms with Gasteiger partial charge in [-0.15, -0.1) is 0 Å². The number of piperidine rings is 1. The molecular formula is C11H22N2O4S. The van der Waals surface area contributed by atoms with Gasteiger partial charge in [-0.3, -0.25) is 4.79 Å². The first kappa shape index (κ1) is 15.4. The highest BCUT2D eigenvalue weighted by Gasteiger charge is 2.33. The first-order valence-electron chi connectivity index (χ1n) is 6.28. The Kier molecular flexibility index (Phi) is 5.55. The van der Waals surface area contributed by atoms with E-state index in [1.807, 2.05) is 0 Å². The molecule has 1 heterocycles. The SMILES string of the molecule is CC1CCN(S(=O)(=O)CCCC(=O)O)C(CN)C1. The van der Waals surface area contributed by atoms with Crippen LogP contribution in [0.2, 0.25) is 0 Å². The number of nitrogens with two attached hydrogens (primary N) is 1. The monoisotopic (exact) mass is 278 g/mol. The third-order valence-electron chi connectivity index (χ3n) is 3.35. The fourth-order valence-corrected chi connectivity index (χ4v) is 4.09. The summed E-state index contributed by atoms with van der Waals surface area (Å²) in [6, 6.07) is -0.136. The van der Waals surface area contributed by atoms with Gasteiger partial charge in [-0.2, -0.15) is 4.31 Å². The van der Waals surface area contributed by atoms with Crippen molar-refractivity contribution in [2.75, 3.05) is 18.8 Å². The fourth-order valence-electron chi connectivity index (χ4n) is 2.33. The Morgan fingerprint density at radius 1 is 1.50 bits per heavy atom. The van der Waals surface area contributed by atoms with E-state index in [1.54, 1.807) is 0 Å². The predicted octanol–water partition coefficient (Wildman–Crippen LogP) is 0.240. The van der Waals surface area contributed by atoms with Gasteiger partial charge in [-0.05, 0) is 25.2 Å². The molecule has 0 aromatic heterocycles. The smallest absolute Gasteiger partial charge is 0.303 e. The Balaban J connectivity index is 2.62. The van der Waals surface area contributed by atoms with Crippen molar-refractivity contribution in [1.82, 2.24) is 4.31 Å². The highest BCUT2D eigenvalue weighted by atomic mass is 32.2. The molecule has 1 aliphatic heterocycles. The van der Waals surface area contributed by atoms with Crippen LogP contribution in [0.15, 0.2) is 0 Å². The number of aliphatic carboxylic acids is 1. The lowest BCUT2D eigenvalue weighted by Crippen LogP contribution is -2.49. The standard InChI is InChI=1S/C11H22N2O4S/c1-9-4-5-13(10(7-9)8-12)18(16,17)6-2-3-11(14)15/h9-10H,2-8,12H2,1H3,(H,14,15). The van der Waals surface area contributed by atoms with Crippen LogP contribution in [-0.2, 0) is 14.8 Å². The average Bonchev–Trinajstić information content (AvgIpc) is 2.27. The molecule has 7 heteroatoms. The Hall–Kier alpha value is -0.660. The molecule has 0 bridgehead atoms. The van der Waals surface area contributed by atoms with Gasteiger partial charge in [0.05, 0.1) is 5.75 Å². The quantitative estimate of drug-likeness (QED) is 0.725. The zero-order valence-electron chi connectivity index (χ0n) is 10.7. The number of sulfonamides is 1. The van der Waals surface area contributed by atoms with E-state index in [0.717, 1.165) is 12.8 Å². The summed E-state index contributed by atoms with van der Waals surface area (Å²) in [6.45, 7) is 2.91. The molecule has 0 aliphatic carbocycles. The van der Waals surface area contributed by atoms with E-state index in [4.69, 9.17) is 10.8 Å². The minimum Gasteiger partial charge on any atom is -0.481 e. The highest BCUT2D eigenvalue weighted by Crippen LogP contribution is 2.25. The maximum absolute atomic E-state index is 12.1. The van der Waals surface area contributed by atoms with Gasteiger partial charge < -0.3 is 10.8 Å². The summed E-state index contributed by atoms with van der Waals surface area (Å²) in [6.07, 6.45) is 1.67. The van der Waals surface area contributed by atoms with Crippen molar-refractivity contribution < 1.29 is 18.3 Å². The molecule has 1 saturated heterocycles. The summed E-state index contributed by atoms with van der Waals surface area (Å²) in [7, 11) is -3.37. The number of carboxylic acid groups (broad SMARTS) is 1. The van der Waals surface area contributed by atoms with E-state index >= 15 is 0 Å². The highest BCUT2D eigenvalue weighted by molar-refractivity contribution is 7.89. The molecule has 0 amide bonds. The number of hydrogen-bond donors (Lipinski definition) is 2. The maximum Gasteiger partial charge on any atom is 0.303 e. The third-order valence-corrected chi connectivity index (χ3v) is 5.35. The molecule has 0 aromatic carbocycles. The van der Waals surface area contributed by atoms with E-state index in [2.05, 4.69) is 6.92 Å². The lowest BCUT2D eigenvalue weighted by Gasteiger charge is -2.36. The molecule has 1 rings (SSSR count). The molecule has 3 N–H and O–H groups in total. The Morgan fingerprint density at radius 2 is 2.17 bits per heavy atom. The van der Waals surface area contributed by atoms with E-state index in [1.165, 1.54) is 4.31 Å². The van der Waals surface area contributed by atoms with Gasteiger partial charge in [0.25, 0.3) is 0 Å². The summed E-state index contributed by atoms with van der Waals surface area (Å²) in [4.78, 5) is 10.4. The zero-order valence-corrected chi connectivity index (χ0v) is 11.5. The van der Waals surface area contributed by atoms with Crippen LogP contribution < -0.4 is 5.73 Å². The van der Waals surface area contributed by atoms with Crippen LogP contribution in [-0.4, -0.2) is 48.7 Å². The van der Waals surface area contributed by atoms with Crippen molar-refractivity contribution >= 4 is 16.0 Å². The van der Waals surface area contributed by atoms with Crippen molar-refractivity contribution in [3.05, 3.63) is 0 Å². The number of nitrogens with zero attached hydrogens (tertiary/aromatic N) is 1.